The number of aromatic nitrogens is 1. The van der Waals surface area contributed by atoms with E-state index in [9.17, 15) is 9.59 Å². The SMILES string of the molecule is O=C(N[C@H](Cc1c[nH]c2ccccc12)C(=O)NC1CC1)c1ccc2c(c1)OCO2. The molecule has 7 heteroatoms. The fourth-order valence-corrected chi connectivity index (χ4v) is 3.54. The highest BCUT2D eigenvalue weighted by molar-refractivity contribution is 5.98. The summed E-state index contributed by atoms with van der Waals surface area (Å²) < 4.78 is 10.6. The van der Waals surface area contributed by atoms with Crippen LogP contribution in [0.15, 0.2) is 48.7 Å². The summed E-state index contributed by atoms with van der Waals surface area (Å²) in [5.74, 6) is 0.669. The largest absolute Gasteiger partial charge is 0.454 e. The van der Waals surface area contributed by atoms with E-state index in [1.165, 1.54) is 0 Å². The number of nitrogens with one attached hydrogen (secondary N) is 3. The molecule has 1 aliphatic heterocycles. The van der Waals surface area contributed by atoms with Crippen molar-refractivity contribution in [2.45, 2.75) is 31.3 Å². The number of carbonyl (C=O) groups excluding carboxylic acids is 2. The molecule has 1 saturated carbocycles. The van der Waals surface area contributed by atoms with E-state index in [0.717, 1.165) is 29.3 Å². The molecular formula is C22H21N3O4. The van der Waals surface area contributed by atoms with Crippen molar-refractivity contribution in [3.8, 4) is 11.5 Å². The van der Waals surface area contributed by atoms with Crippen LogP contribution in [0.25, 0.3) is 10.9 Å². The first-order chi connectivity index (χ1) is 14.2. The zero-order chi connectivity index (χ0) is 19.8. The fourth-order valence-electron chi connectivity index (χ4n) is 3.54. The number of carbonyl (C=O) groups is 2. The van der Waals surface area contributed by atoms with Crippen LogP contribution in [0.3, 0.4) is 0 Å². The van der Waals surface area contributed by atoms with E-state index in [-0.39, 0.29) is 24.6 Å². The van der Waals surface area contributed by atoms with Crippen molar-refractivity contribution in [2.24, 2.45) is 0 Å². The second-order valence-electron chi connectivity index (χ2n) is 7.44. The second kappa shape index (κ2) is 7.16. The molecule has 3 aromatic rings. The van der Waals surface area contributed by atoms with Crippen molar-refractivity contribution in [3.05, 3.63) is 59.8 Å². The average molecular weight is 391 g/mol. The van der Waals surface area contributed by atoms with E-state index in [0.29, 0.717) is 23.5 Å². The molecule has 2 heterocycles. The molecule has 0 radical (unpaired) electrons. The first-order valence-electron chi connectivity index (χ1n) is 9.73. The van der Waals surface area contributed by atoms with Crippen LogP contribution in [0, 0.1) is 0 Å². The molecule has 29 heavy (non-hydrogen) atoms. The molecule has 0 spiro atoms. The number of H-pyrrole nitrogens is 1. The van der Waals surface area contributed by atoms with E-state index in [1.807, 2.05) is 30.5 Å². The summed E-state index contributed by atoms with van der Waals surface area (Å²) in [6.07, 6.45) is 4.27. The Morgan fingerprint density at radius 2 is 1.93 bits per heavy atom. The number of hydrogen-bond acceptors (Lipinski definition) is 4. The molecule has 0 unspecified atom stereocenters. The molecule has 1 aliphatic carbocycles. The standard InChI is InChI=1S/C22H21N3O4/c26-21(13-5-8-19-20(10-13)29-12-28-19)25-18(22(27)24-15-6-7-15)9-14-11-23-17-4-2-1-3-16(14)17/h1-5,8,10-11,15,18,23H,6-7,9,12H2,(H,24,27)(H,25,26)/t18-/m1/s1. The third-order valence-electron chi connectivity index (χ3n) is 5.28. The summed E-state index contributed by atoms with van der Waals surface area (Å²) in [6.45, 7) is 0.146. The molecule has 1 atom stereocenters. The molecule has 0 saturated heterocycles. The normalized spacial score (nSPS) is 15.9. The van der Waals surface area contributed by atoms with Crippen LogP contribution in [0.4, 0.5) is 0 Å². The molecule has 7 nitrogen and oxygen atoms in total. The lowest BCUT2D eigenvalue weighted by atomic mass is 10.0. The predicted molar refractivity (Wildman–Crippen MR) is 107 cm³/mol. The maximum atomic E-state index is 12.9. The van der Waals surface area contributed by atoms with Gasteiger partial charge in [-0.2, -0.15) is 0 Å². The van der Waals surface area contributed by atoms with Crippen LogP contribution in [-0.4, -0.2) is 35.7 Å². The Kier molecular flexibility index (Phi) is 4.35. The Morgan fingerprint density at radius 3 is 2.79 bits per heavy atom. The van der Waals surface area contributed by atoms with Crippen molar-refractivity contribution in [1.29, 1.82) is 0 Å². The number of para-hydroxylation sites is 1. The van der Waals surface area contributed by atoms with Gasteiger partial charge in [0.2, 0.25) is 12.7 Å². The Morgan fingerprint density at radius 1 is 1.10 bits per heavy atom. The predicted octanol–water partition coefficient (Wildman–Crippen LogP) is 2.52. The van der Waals surface area contributed by atoms with Crippen LogP contribution >= 0.6 is 0 Å². The van der Waals surface area contributed by atoms with E-state index in [2.05, 4.69) is 15.6 Å². The minimum absolute atomic E-state index is 0.146. The van der Waals surface area contributed by atoms with Crippen LogP contribution in [0.1, 0.15) is 28.8 Å². The van der Waals surface area contributed by atoms with E-state index >= 15 is 0 Å². The lowest BCUT2D eigenvalue weighted by Crippen LogP contribution is -2.48. The summed E-state index contributed by atoms with van der Waals surface area (Å²) in [6, 6.07) is 12.5. The quantitative estimate of drug-likeness (QED) is 0.602. The summed E-state index contributed by atoms with van der Waals surface area (Å²) >= 11 is 0. The minimum Gasteiger partial charge on any atom is -0.454 e. The summed E-state index contributed by atoms with van der Waals surface area (Å²) in [5, 5.41) is 6.95. The monoisotopic (exact) mass is 391 g/mol. The molecule has 0 bridgehead atoms. The van der Waals surface area contributed by atoms with E-state index < -0.39 is 6.04 Å². The summed E-state index contributed by atoms with van der Waals surface area (Å²) in [5.41, 5.74) is 2.42. The van der Waals surface area contributed by atoms with Crippen LogP contribution < -0.4 is 20.1 Å². The van der Waals surface area contributed by atoms with Crippen LogP contribution in [0.5, 0.6) is 11.5 Å². The highest BCUT2D eigenvalue weighted by atomic mass is 16.7. The van der Waals surface area contributed by atoms with Crippen molar-refractivity contribution in [2.75, 3.05) is 6.79 Å². The van der Waals surface area contributed by atoms with Crippen molar-refractivity contribution in [3.63, 3.8) is 0 Å². The summed E-state index contributed by atoms with van der Waals surface area (Å²) in [7, 11) is 0. The Hall–Kier alpha value is -3.48. The molecule has 5 rings (SSSR count). The minimum atomic E-state index is -0.673. The lowest BCUT2D eigenvalue weighted by molar-refractivity contribution is -0.123. The van der Waals surface area contributed by atoms with Gasteiger partial charge in [0.05, 0.1) is 0 Å². The maximum absolute atomic E-state index is 12.9. The molecule has 2 aromatic carbocycles. The third kappa shape index (κ3) is 3.63. The highest BCUT2D eigenvalue weighted by Crippen LogP contribution is 2.32. The van der Waals surface area contributed by atoms with Gasteiger partial charge >= 0.3 is 0 Å². The van der Waals surface area contributed by atoms with Gasteiger partial charge in [0.25, 0.3) is 5.91 Å². The molecule has 2 amide bonds. The highest BCUT2D eigenvalue weighted by Gasteiger charge is 2.29. The smallest absolute Gasteiger partial charge is 0.252 e. The molecule has 1 fully saturated rings. The molecular weight excluding hydrogens is 370 g/mol. The van der Waals surface area contributed by atoms with Gasteiger partial charge in [-0.25, -0.2) is 0 Å². The number of benzene rings is 2. The molecule has 1 aromatic heterocycles. The van der Waals surface area contributed by atoms with Gasteiger partial charge in [-0.3, -0.25) is 9.59 Å². The number of rotatable bonds is 6. The fraction of sp³-hybridized carbons (Fsp3) is 0.273. The first kappa shape index (κ1) is 17.6. The maximum Gasteiger partial charge on any atom is 0.252 e. The van der Waals surface area contributed by atoms with Gasteiger partial charge < -0.3 is 25.1 Å². The van der Waals surface area contributed by atoms with Crippen LogP contribution in [-0.2, 0) is 11.2 Å². The topological polar surface area (TPSA) is 92.5 Å². The Balaban J connectivity index is 1.38. The zero-order valence-corrected chi connectivity index (χ0v) is 15.7. The van der Waals surface area contributed by atoms with Crippen LogP contribution in [0.2, 0.25) is 0 Å². The number of amides is 2. The van der Waals surface area contributed by atoms with E-state index in [4.69, 9.17) is 9.47 Å². The lowest BCUT2D eigenvalue weighted by Gasteiger charge is -2.18. The van der Waals surface area contributed by atoms with Gasteiger partial charge in [0.15, 0.2) is 11.5 Å². The van der Waals surface area contributed by atoms with Gasteiger partial charge in [0, 0.05) is 35.1 Å². The first-order valence-corrected chi connectivity index (χ1v) is 9.73. The molecule has 2 aliphatic rings. The Labute approximate surface area is 167 Å². The molecule has 148 valence electrons. The zero-order valence-electron chi connectivity index (χ0n) is 15.7. The van der Waals surface area contributed by atoms with Crippen molar-refractivity contribution < 1.29 is 19.1 Å². The number of ether oxygens (including phenoxy) is 2. The van der Waals surface area contributed by atoms with Gasteiger partial charge in [-0.15, -0.1) is 0 Å². The number of aromatic amines is 1. The average Bonchev–Trinajstić information content (AvgIpc) is 3.26. The third-order valence-corrected chi connectivity index (χ3v) is 5.28. The van der Waals surface area contributed by atoms with Gasteiger partial charge in [-0.05, 0) is 42.7 Å². The van der Waals surface area contributed by atoms with Gasteiger partial charge in [0.1, 0.15) is 6.04 Å². The number of fused-ring (bicyclic) bond motifs is 2. The Bertz CT molecular complexity index is 1090. The van der Waals surface area contributed by atoms with Crippen molar-refractivity contribution in [1.82, 2.24) is 15.6 Å². The molecule has 3 N–H and O–H groups in total. The number of hydrogen-bond donors (Lipinski definition) is 3. The van der Waals surface area contributed by atoms with E-state index in [1.54, 1.807) is 18.2 Å². The van der Waals surface area contributed by atoms with Gasteiger partial charge in [-0.1, -0.05) is 18.2 Å². The summed E-state index contributed by atoms with van der Waals surface area (Å²) in [4.78, 5) is 28.9. The van der Waals surface area contributed by atoms with Crippen molar-refractivity contribution >= 4 is 22.7 Å². The second-order valence-corrected chi connectivity index (χ2v) is 7.44.